The number of primary amides is 1. The molecule has 0 spiro atoms. The molecule has 0 saturated heterocycles. The Balaban J connectivity index is 1.89. The van der Waals surface area contributed by atoms with Crippen molar-refractivity contribution in [3.63, 3.8) is 0 Å². The first-order chi connectivity index (χ1) is 11.3. The van der Waals surface area contributed by atoms with Crippen molar-refractivity contribution in [2.24, 2.45) is 5.73 Å². The number of carbonyl (C=O) groups is 2. The molecule has 6 nitrogen and oxygen atoms in total. The number of aryl methyl sites for hydroxylation is 3. The second-order valence-corrected chi connectivity index (χ2v) is 8.62. The van der Waals surface area contributed by atoms with Crippen LogP contribution in [-0.2, 0) is 9.59 Å². The fourth-order valence-electron chi connectivity index (χ4n) is 2.13. The average molecular weight is 383 g/mol. The van der Waals surface area contributed by atoms with Crippen molar-refractivity contribution in [1.29, 1.82) is 0 Å². The molecule has 1 aromatic carbocycles. The fraction of sp³-hybridized carbons (Fsp3) is 0.333. The molecule has 24 heavy (non-hydrogen) atoms. The van der Waals surface area contributed by atoms with Crippen LogP contribution < -0.4 is 11.1 Å². The van der Waals surface area contributed by atoms with Gasteiger partial charge in [0, 0.05) is 5.69 Å². The van der Waals surface area contributed by atoms with Crippen LogP contribution in [0.4, 0.5) is 5.69 Å². The SMILES string of the molecule is Cc1cc(C)c(NC(=O)CSc2nnc(SCC(N)=O)s2)c(C)c1. The van der Waals surface area contributed by atoms with Crippen molar-refractivity contribution in [1.82, 2.24) is 10.2 Å². The summed E-state index contributed by atoms with van der Waals surface area (Å²) in [5, 5.41) is 10.9. The number of nitrogens with one attached hydrogen (secondary N) is 1. The van der Waals surface area contributed by atoms with Crippen LogP contribution in [0.25, 0.3) is 0 Å². The lowest BCUT2D eigenvalue weighted by Crippen LogP contribution is -2.15. The van der Waals surface area contributed by atoms with Gasteiger partial charge in [0.1, 0.15) is 0 Å². The quantitative estimate of drug-likeness (QED) is 0.715. The van der Waals surface area contributed by atoms with E-state index in [0.29, 0.717) is 8.68 Å². The molecule has 2 amide bonds. The van der Waals surface area contributed by atoms with E-state index in [9.17, 15) is 9.59 Å². The van der Waals surface area contributed by atoms with Gasteiger partial charge in [-0.15, -0.1) is 10.2 Å². The van der Waals surface area contributed by atoms with E-state index in [2.05, 4.69) is 15.5 Å². The summed E-state index contributed by atoms with van der Waals surface area (Å²) in [6.45, 7) is 6.00. The molecule has 0 saturated carbocycles. The summed E-state index contributed by atoms with van der Waals surface area (Å²) in [5.41, 5.74) is 9.22. The van der Waals surface area contributed by atoms with Crippen LogP contribution in [0.3, 0.4) is 0 Å². The van der Waals surface area contributed by atoms with Crippen molar-refractivity contribution in [2.45, 2.75) is 29.5 Å². The Morgan fingerprint density at radius 1 is 1.08 bits per heavy atom. The third kappa shape index (κ3) is 5.50. The first-order valence-electron chi connectivity index (χ1n) is 7.10. The molecule has 9 heteroatoms. The summed E-state index contributed by atoms with van der Waals surface area (Å²) in [7, 11) is 0. The van der Waals surface area contributed by atoms with Crippen molar-refractivity contribution >= 4 is 52.4 Å². The number of benzene rings is 1. The number of carbonyl (C=O) groups excluding carboxylic acids is 2. The van der Waals surface area contributed by atoms with Crippen LogP contribution in [0.15, 0.2) is 20.8 Å². The van der Waals surface area contributed by atoms with E-state index >= 15 is 0 Å². The van der Waals surface area contributed by atoms with Gasteiger partial charge in [0.2, 0.25) is 11.8 Å². The molecule has 0 radical (unpaired) electrons. The maximum absolute atomic E-state index is 12.2. The standard InChI is InChI=1S/C15H18N4O2S3/c1-8-4-9(2)13(10(3)5-8)17-12(21)7-23-15-19-18-14(24-15)22-6-11(16)20/h4-5H,6-7H2,1-3H3,(H2,16,20)(H,17,21). The zero-order chi connectivity index (χ0) is 17.7. The smallest absolute Gasteiger partial charge is 0.234 e. The number of aromatic nitrogens is 2. The van der Waals surface area contributed by atoms with Gasteiger partial charge in [-0.05, 0) is 31.9 Å². The summed E-state index contributed by atoms with van der Waals surface area (Å²) >= 11 is 3.92. The van der Waals surface area contributed by atoms with Crippen LogP contribution in [0.5, 0.6) is 0 Å². The third-order valence-corrected chi connectivity index (χ3v) is 6.21. The van der Waals surface area contributed by atoms with E-state index in [4.69, 9.17) is 5.73 Å². The number of nitrogens with zero attached hydrogens (tertiary/aromatic N) is 2. The number of rotatable bonds is 7. The Kier molecular flexibility index (Phi) is 6.64. The minimum atomic E-state index is -0.396. The highest BCUT2D eigenvalue weighted by atomic mass is 32.2. The van der Waals surface area contributed by atoms with Crippen LogP contribution in [-0.4, -0.2) is 33.5 Å². The molecule has 2 rings (SSSR count). The van der Waals surface area contributed by atoms with Gasteiger partial charge in [-0.1, -0.05) is 52.6 Å². The minimum Gasteiger partial charge on any atom is -0.369 e. The Morgan fingerprint density at radius 3 is 2.17 bits per heavy atom. The van der Waals surface area contributed by atoms with Crippen molar-refractivity contribution in [2.75, 3.05) is 16.8 Å². The normalized spacial score (nSPS) is 10.6. The molecule has 0 aliphatic heterocycles. The molecule has 0 aliphatic carbocycles. The second-order valence-electron chi connectivity index (χ2n) is 5.20. The van der Waals surface area contributed by atoms with Crippen molar-refractivity contribution in [3.05, 3.63) is 28.8 Å². The largest absolute Gasteiger partial charge is 0.369 e. The van der Waals surface area contributed by atoms with Gasteiger partial charge in [0.05, 0.1) is 11.5 Å². The first-order valence-corrected chi connectivity index (χ1v) is 9.89. The third-order valence-electron chi connectivity index (χ3n) is 2.99. The molecule has 1 heterocycles. The van der Waals surface area contributed by atoms with Gasteiger partial charge in [0.15, 0.2) is 8.68 Å². The Bertz CT molecular complexity index is 738. The number of amides is 2. The molecule has 0 aliphatic rings. The Morgan fingerprint density at radius 2 is 1.62 bits per heavy atom. The summed E-state index contributed by atoms with van der Waals surface area (Å²) in [4.78, 5) is 22.9. The highest BCUT2D eigenvalue weighted by molar-refractivity contribution is 8.03. The molecule has 0 fully saturated rings. The van der Waals surface area contributed by atoms with E-state index < -0.39 is 5.91 Å². The van der Waals surface area contributed by atoms with Gasteiger partial charge in [-0.2, -0.15) is 0 Å². The van der Waals surface area contributed by atoms with Gasteiger partial charge in [-0.25, -0.2) is 0 Å². The van der Waals surface area contributed by atoms with E-state index in [-0.39, 0.29) is 17.4 Å². The van der Waals surface area contributed by atoms with E-state index in [0.717, 1.165) is 16.8 Å². The maximum Gasteiger partial charge on any atom is 0.234 e. The number of nitrogens with two attached hydrogens (primary N) is 1. The average Bonchev–Trinajstić information content (AvgIpc) is 2.94. The predicted octanol–water partition coefficient (Wildman–Crippen LogP) is 2.77. The molecule has 2 aromatic rings. The summed E-state index contributed by atoms with van der Waals surface area (Å²) in [6.07, 6.45) is 0. The number of anilines is 1. The monoisotopic (exact) mass is 382 g/mol. The molecular formula is C15H18N4O2S3. The van der Waals surface area contributed by atoms with E-state index in [1.54, 1.807) is 0 Å². The first kappa shape index (κ1) is 18.8. The van der Waals surface area contributed by atoms with Crippen LogP contribution in [0, 0.1) is 20.8 Å². The van der Waals surface area contributed by atoms with Gasteiger partial charge in [-0.3, -0.25) is 9.59 Å². The summed E-state index contributed by atoms with van der Waals surface area (Å²) in [5.74, 6) is -0.0580. The van der Waals surface area contributed by atoms with E-state index in [1.165, 1.54) is 40.4 Å². The summed E-state index contributed by atoms with van der Waals surface area (Å²) in [6, 6.07) is 4.09. The summed E-state index contributed by atoms with van der Waals surface area (Å²) < 4.78 is 1.36. The lowest BCUT2D eigenvalue weighted by Gasteiger charge is -2.12. The molecule has 128 valence electrons. The second kappa shape index (κ2) is 8.50. The zero-order valence-electron chi connectivity index (χ0n) is 13.6. The predicted molar refractivity (Wildman–Crippen MR) is 99.8 cm³/mol. The van der Waals surface area contributed by atoms with Crippen molar-refractivity contribution < 1.29 is 9.59 Å². The topological polar surface area (TPSA) is 98.0 Å². The van der Waals surface area contributed by atoms with Gasteiger partial charge in [0.25, 0.3) is 0 Å². The molecule has 0 bridgehead atoms. The maximum atomic E-state index is 12.2. The molecule has 3 N–H and O–H groups in total. The zero-order valence-corrected chi connectivity index (χ0v) is 16.0. The van der Waals surface area contributed by atoms with E-state index in [1.807, 2.05) is 32.9 Å². The molecule has 1 aromatic heterocycles. The van der Waals surface area contributed by atoms with Crippen molar-refractivity contribution in [3.8, 4) is 0 Å². The number of thioether (sulfide) groups is 2. The highest BCUT2D eigenvalue weighted by Crippen LogP contribution is 2.29. The molecule has 0 atom stereocenters. The Hall–Kier alpha value is -1.58. The fourth-order valence-corrected chi connectivity index (χ4v) is 4.69. The van der Waals surface area contributed by atoms with Crippen LogP contribution in [0.2, 0.25) is 0 Å². The highest BCUT2D eigenvalue weighted by Gasteiger charge is 2.11. The van der Waals surface area contributed by atoms with Gasteiger partial charge < -0.3 is 11.1 Å². The lowest BCUT2D eigenvalue weighted by molar-refractivity contribution is -0.115. The number of hydrogen-bond donors (Lipinski definition) is 2. The van der Waals surface area contributed by atoms with Gasteiger partial charge >= 0.3 is 0 Å². The number of hydrogen-bond acceptors (Lipinski definition) is 7. The van der Waals surface area contributed by atoms with Crippen LogP contribution >= 0.6 is 34.9 Å². The Labute approximate surface area is 153 Å². The van der Waals surface area contributed by atoms with Crippen LogP contribution in [0.1, 0.15) is 16.7 Å². The molecular weight excluding hydrogens is 364 g/mol. The molecule has 0 unspecified atom stereocenters. The minimum absolute atomic E-state index is 0.0865. The lowest BCUT2D eigenvalue weighted by atomic mass is 10.1.